The molecule has 1 N–H and O–H groups in total. The summed E-state index contributed by atoms with van der Waals surface area (Å²) in [4.78, 5) is 25.6. The van der Waals surface area contributed by atoms with Crippen LogP contribution in [0.3, 0.4) is 0 Å². The molecule has 0 saturated carbocycles. The first-order chi connectivity index (χ1) is 11.7. The van der Waals surface area contributed by atoms with E-state index in [1.165, 1.54) is 29.2 Å². The first-order valence-corrected chi connectivity index (χ1v) is 9.46. The van der Waals surface area contributed by atoms with Crippen molar-refractivity contribution in [2.24, 2.45) is 0 Å². The molecule has 6 nitrogen and oxygen atoms in total. The maximum atomic E-state index is 12.1. The fraction of sp³-hybridized carbons (Fsp3) is 0.222. The monoisotopic (exact) mass is 360 g/mol. The highest BCUT2D eigenvalue weighted by Crippen LogP contribution is 2.11. The summed E-state index contributed by atoms with van der Waals surface area (Å²) in [6.45, 7) is 0.309. The van der Waals surface area contributed by atoms with Crippen LogP contribution in [0.1, 0.15) is 26.3 Å². The second kappa shape index (κ2) is 7.48. The molecule has 132 valence electrons. The quantitative estimate of drug-likeness (QED) is 0.880. The zero-order chi connectivity index (χ0) is 18.6. The minimum Gasteiger partial charge on any atom is -0.348 e. The Hall–Kier alpha value is -2.67. The molecule has 0 unspecified atom stereocenters. The van der Waals surface area contributed by atoms with Crippen LogP contribution in [0.5, 0.6) is 0 Å². The lowest BCUT2D eigenvalue weighted by Crippen LogP contribution is -2.23. The summed E-state index contributed by atoms with van der Waals surface area (Å²) < 4.78 is 22.8. The van der Waals surface area contributed by atoms with Crippen LogP contribution in [0.15, 0.2) is 53.4 Å². The summed E-state index contributed by atoms with van der Waals surface area (Å²) in [5.74, 6) is -0.380. The summed E-state index contributed by atoms with van der Waals surface area (Å²) in [5.41, 5.74) is 1.82. The van der Waals surface area contributed by atoms with Gasteiger partial charge in [-0.05, 0) is 42.0 Å². The highest BCUT2D eigenvalue weighted by molar-refractivity contribution is 7.90. The number of rotatable bonds is 5. The van der Waals surface area contributed by atoms with Crippen LogP contribution >= 0.6 is 0 Å². The third-order valence-electron chi connectivity index (χ3n) is 3.60. The average molecular weight is 360 g/mol. The maximum Gasteiger partial charge on any atom is 0.253 e. The van der Waals surface area contributed by atoms with E-state index in [1.54, 1.807) is 38.4 Å². The van der Waals surface area contributed by atoms with Crippen LogP contribution in [0.4, 0.5) is 0 Å². The third kappa shape index (κ3) is 4.90. The van der Waals surface area contributed by atoms with Gasteiger partial charge in [-0.2, -0.15) is 0 Å². The second-order valence-electron chi connectivity index (χ2n) is 5.88. The van der Waals surface area contributed by atoms with Crippen LogP contribution in [0, 0.1) is 0 Å². The molecule has 0 bridgehead atoms. The topological polar surface area (TPSA) is 83.6 Å². The normalized spacial score (nSPS) is 11.0. The van der Waals surface area contributed by atoms with Crippen molar-refractivity contribution >= 4 is 21.7 Å². The Balaban J connectivity index is 1.99. The van der Waals surface area contributed by atoms with Crippen molar-refractivity contribution < 1.29 is 18.0 Å². The minimum absolute atomic E-state index is 0.0819. The Bertz CT molecular complexity index is 870. The molecule has 7 heteroatoms. The Morgan fingerprint density at radius 3 is 1.92 bits per heavy atom. The number of nitrogens with zero attached hydrogens (tertiary/aromatic N) is 1. The van der Waals surface area contributed by atoms with E-state index in [-0.39, 0.29) is 16.7 Å². The van der Waals surface area contributed by atoms with Crippen molar-refractivity contribution in [1.82, 2.24) is 10.2 Å². The molecule has 2 rings (SSSR count). The van der Waals surface area contributed by atoms with E-state index in [0.717, 1.165) is 11.8 Å². The van der Waals surface area contributed by atoms with Crippen molar-refractivity contribution in [3.05, 3.63) is 65.2 Å². The van der Waals surface area contributed by atoms with E-state index >= 15 is 0 Å². The lowest BCUT2D eigenvalue weighted by atomic mass is 10.1. The fourth-order valence-electron chi connectivity index (χ4n) is 2.16. The number of carbonyl (C=O) groups excluding carboxylic acids is 2. The van der Waals surface area contributed by atoms with E-state index in [1.807, 2.05) is 0 Å². The molecule has 2 amide bonds. The zero-order valence-electron chi connectivity index (χ0n) is 14.3. The molecule has 25 heavy (non-hydrogen) atoms. The number of hydrogen-bond acceptors (Lipinski definition) is 4. The van der Waals surface area contributed by atoms with Gasteiger partial charge in [0.2, 0.25) is 0 Å². The van der Waals surface area contributed by atoms with Gasteiger partial charge in [0.15, 0.2) is 9.84 Å². The zero-order valence-corrected chi connectivity index (χ0v) is 15.1. The predicted molar refractivity (Wildman–Crippen MR) is 95.2 cm³/mol. The molecule has 2 aromatic carbocycles. The summed E-state index contributed by atoms with van der Waals surface area (Å²) in [7, 11) is 0.0915. The van der Waals surface area contributed by atoms with Gasteiger partial charge < -0.3 is 10.2 Å². The molecule has 0 spiro atoms. The molecule has 0 heterocycles. The molecular weight excluding hydrogens is 340 g/mol. The van der Waals surface area contributed by atoms with Crippen molar-refractivity contribution in [3.63, 3.8) is 0 Å². The van der Waals surface area contributed by atoms with Crippen LogP contribution in [0.2, 0.25) is 0 Å². The number of hydrogen-bond donors (Lipinski definition) is 1. The fourth-order valence-corrected chi connectivity index (χ4v) is 2.79. The molecule has 0 aliphatic carbocycles. The first kappa shape index (κ1) is 18.7. The average Bonchev–Trinajstić information content (AvgIpc) is 2.58. The number of nitrogens with one attached hydrogen (secondary N) is 1. The largest absolute Gasteiger partial charge is 0.348 e. The van der Waals surface area contributed by atoms with Gasteiger partial charge in [-0.25, -0.2) is 8.42 Å². The van der Waals surface area contributed by atoms with E-state index in [4.69, 9.17) is 0 Å². The SMILES string of the molecule is CN(C)C(=O)c1ccc(CNC(=O)c2ccc(S(C)(=O)=O)cc2)cc1. The smallest absolute Gasteiger partial charge is 0.253 e. The maximum absolute atomic E-state index is 12.1. The molecular formula is C18H20N2O4S. The summed E-state index contributed by atoms with van der Waals surface area (Å²) >= 11 is 0. The van der Waals surface area contributed by atoms with Gasteiger partial charge in [0.1, 0.15) is 0 Å². The molecule has 0 fully saturated rings. The molecule has 0 atom stereocenters. The molecule has 0 aromatic heterocycles. The van der Waals surface area contributed by atoms with Crippen LogP contribution < -0.4 is 5.32 Å². The first-order valence-electron chi connectivity index (χ1n) is 7.57. The number of sulfone groups is 1. The molecule has 0 aliphatic heterocycles. The van der Waals surface area contributed by atoms with Gasteiger partial charge in [0.25, 0.3) is 11.8 Å². The third-order valence-corrected chi connectivity index (χ3v) is 4.73. The van der Waals surface area contributed by atoms with Crippen molar-refractivity contribution in [2.45, 2.75) is 11.4 Å². The number of amides is 2. The molecule has 2 aromatic rings. The number of carbonyl (C=O) groups is 2. The Labute approximate surface area is 147 Å². The van der Waals surface area contributed by atoms with Crippen molar-refractivity contribution in [2.75, 3.05) is 20.4 Å². The van der Waals surface area contributed by atoms with Gasteiger partial charge >= 0.3 is 0 Å². The van der Waals surface area contributed by atoms with Crippen LogP contribution in [-0.2, 0) is 16.4 Å². The van der Waals surface area contributed by atoms with Crippen LogP contribution in [0.25, 0.3) is 0 Å². The molecule has 0 aliphatic rings. The highest BCUT2D eigenvalue weighted by Gasteiger charge is 2.10. The minimum atomic E-state index is -3.28. The second-order valence-corrected chi connectivity index (χ2v) is 7.89. The number of benzene rings is 2. The van der Waals surface area contributed by atoms with Gasteiger partial charge in [-0.15, -0.1) is 0 Å². The standard InChI is InChI=1S/C18H20N2O4S/c1-20(2)18(22)15-6-4-13(5-7-15)12-19-17(21)14-8-10-16(11-9-14)25(3,23)24/h4-11H,12H2,1-3H3,(H,19,21). The van der Waals surface area contributed by atoms with Crippen molar-refractivity contribution in [3.8, 4) is 0 Å². The lowest BCUT2D eigenvalue weighted by molar-refractivity contribution is 0.0827. The van der Waals surface area contributed by atoms with Gasteiger partial charge in [0, 0.05) is 38.0 Å². The Morgan fingerprint density at radius 1 is 0.920 bits per heavy atom. The Morgan fingerprint density at radius 2 is 1.44 bits per heavy atom. The van der Waals surface area contributed by atoms with Gasteiger partial charge in [-0.3, -0.25) is 9.59 Å². The van der Waals surface area contributed by atoms with Gasteiger partial charge in [-0.1, -0.05) is 12.1 Å². The summed E-state index contributed by atoms with van der Waals surface area (Å²) in [6, 6.07) is 12.8. The summed E-state index contributed by atoms with van der Waals surface area (Å²) in [5, 5.41) is 2.76. The Kier molecular flexibility index (Phi) is 5.58. The highest BCUT2D eigenvalue weighted by atomic mass is 32.2. The van der Waals surface area contributed by atoms with E-state index in [0.29, 0.717) is 17.7 Å². The van der Waals surface area contributed by atoms with Gasteiger partial charge in [0.05, 0.1) is 4.90 Å². The van der Waals surface area contributed by atoms with E-state index in [9.17, 15) is 18.0 Å². The van der Waals surface area contributed by atoms with E-state index in [2.05, 4.69) is 5.32 Å². The lowest BCUT2D eigenvalue weighted by Gasteiger charge is -2.11. The summed E-state index contributed by atoms with van der Waals surface area (Å²) in [6.07, 6.45) is 1.12. The van der Waals surface area contributed by atoms with E-state index < -0.39 is 9.84 Å². The predicted octanol–water partition coefficient (Wildman–Crippen LogP) is 1.72. The van der Waals surface area contributed by atoms with Crippen LogP contribution in [-0.4, -0.2) is 45.5 Å². The molecule has 0 radical (unpaired) electrons. The van der Waals surface area contributed by atoms with Crippen molar-refractivity contribution in [1.29, 1.82) is 0 Å². The molecule has 0 saturated heterocycles.